The first kappa shape index (κ1) is 16.7. The lowest BCUT2D eigenvalue weighted by atomic mass is 10.2. The van der Waals surface area contributed by atoms with Crippen molar-refractivity contribution < 1.29 is 4.79 Å². The molecule has 0 aliphatic heterocycles. The minimum atomic E-state index is -0.131. The first-order chi connectivity index (χ1) is 11.7. The van der Waals surface area contributed by atoms with Crippen LogP contribution in [0.2, 0.25) is 0 Å². The van der Waals surface area contributed by atoms with E-state index in [1.54, 1.807) is 0 Å². The van der Waals surface area contributed by atoms with Crippen LogP contribution >= 0.6 is 11.3 Å². The van der Waals surface area contributed by atoms with E-state index in [0.29, 0.717) is 0 Å². The van der Waals surface area contributed by atoms with Gasteiger partial charge in [-0.2, -0.15) is 0 Å². The summed E-state index contributed by atoms with van der Waals surface area (Å²) in [5, 5.41) is 4.99. The first-order valence-electron chi connectivity index (χ1n) is 8.50. The van der Waals surface area contributed by atoms with Crippen molar-refractivity contribution >= 4 is 28.3 Å². The van der Waals surface area contributed by atoms with Crippen molar-refractivity contribution in [3.8, 4) is 0 Å². The fraction of sp³-hybridized carbons (Fsp3) is 0.368. The standard InChI is InChI=1S/C19H23N3OS/c1-3-4-7-12-22-16-10-6-5-9-15(16)21-18(22)14(2)20-19(23)17-11-8-13-24-17/h5-6,8-11,13-14H,3-4,7,12H2,1-2H3,(H,20,23). The van der Waals surface area contributed by atoms with Gasteiger partial charge in [-0.1, -0.05) is 38.0 Å². The number of nitrogens with zero attached hydrogens (tertiary/aromatic N) is 2. The van der Waals surface area contributed by atoms with Gasteiger partial charge in [0, 0.05) is 6.54 Å². The Morgan fingerprint density at radius 3 is 2.83 bits per heavy atom. The zero-order chi connectivity index (χ0) is 16.9. The molecule has 0 spiro atoms. The van der Waals surface area contributed by atoms with Crippen LogP contribution in [0.3, 0.4) is 0 Å². The van der Waals surface area contributed by atoms with Gasteiger partial charge in [-0.15, -0.1) is 11.3 Å². The zero-order valence-corrected chi connectivity index (χ0v) is 15.0. The lowest BCUT2D eigenvalue weighted by molar-refractivity contribution is 0.0942. The highest BCUT2D eigenvalue weighted by Crippen LogP contribution is 2.22. The fourth-order valence-electron chi connectivity index (χ4n) is 2.92. The van der Waals surface area contributed by atoms with Gasteiger partial charge in [0.05, 0.1) is 22.0 Å². The number of fused-ring (bicyclic) bond motifs is 1. The van der Waals surface area contributed by atoms with E-state index in [0.717, 1.165) is 34.7 Å². The van der Waals surface area contributed by atoms with Crippen LogP contribution in [0.4, 0.5) is 0 Å². The minimum absolute atomic E-state index is 0.0373. The normalized spacial score (nSPS) is 12.4. The molecule has 1 unspecified atom stereocenters. The molecule has 2 aromatic heterocycles. The van der Waals surface area contributed by atoms with Crippen molar-refractivity contribution in [3.63, 3.8) is 0 Å². The molecular weight excluding hydrogens is 318 g/mol. The Balaban J connectivity index is 1.86. The Hall–Kier alpha value is -2.14. The van der Waals surface area contributed by atoms with Gasteiger partial charge in [-0.3, -0.25) is 4.79 Å². The Morgan fingerprint density at radius 2 is 2.08 bits per heavy atom. The van der Waals surface area contributed by atoms with Crippen molar-refractivity contribution in [1.29, 1.82) is 0 Å². The molecule has 1 atom stereocenters. The van der Waals surface area contributed by atoms with E-state index >= 15 is 0 Å². The molecule has 126 valence electrons. The first-order valence-corrected chi connectivity index (χ1v) is 9.38. The SMILES string of the molecule is CCCCCn1c(C(C)NC(=O)c2cccs2)nc2ccccc21. The number of aromatic nitrogens is 2. The second kappa shape index (κ2) is 7.62. The maximum Gasteiger partial charge on any atom is 0.261 e. The number of hydrogen-bond acceptors (Lipinski definition) is 3. The molecule has 2 heterocycles. The van der Waals surface area contributed by atoms with Gasteiger partial charge in [0.25, 0.3) is 5.91 Å². The monoisotopic (exact) mass is 341 g/mol. The molecular formula is C19H23N3OS. The highest BCUT2D eigenvalue weighted by molar-refractivity contribution is 7.12. The van der Waals surface area contributed by atoms with Crippen LogP contribution in [0.15, 0.2) is 41.8 Å². The molecule has 5 heteroatoms. The van der Waals surface area contributed by atoms with Crippen molar-refractivity contribution in [1.82, 2.24) is 14.9 Å². The lowest BCUT2D eigenvalue weighted by Gasteiger charge is -2.16. The minimum Gasteiger partial charge on any atom is -0.342 e. The fourth-order valence-corrected chi connectivity index (χ4v) is 3.55. The number of imidazole rings is 1. The lowest BCUT2D eigenvalue weighted by Crippen LogP contribution is -2.28. The summed E-state index contributed by atoms with van der Waals surface area (Å²) in [5.41, 5.74) is 2.13. The molecule has 1 amide bonds. The third-order valence-electron chi connectivity index (χ3n) is 4.15. The summed E-state index contributed by atoms with van der Waals surface area (Å²) >= 11 is 1.46. The molecule has 0 aliphatic rings. The number of unbranched alkanes of at least 4 members (excludes halogenated alkanes) is 2. The van der Waals surface area contributed by atoms with Gasteiger partial charge in [0.2, 0.25) is 0 Å². The average molecular weight is 341 g/mol. The van der Waals surface area contributed by atoms with Crippen LogP contribution in [0, 0.1) is 0 Å². The molecule has 3 rings (SSSR count). The average Bonchev–Trinajstić information content (AvgIpc) is 3.23. The van der Waals surface area contributed by atoms with Crippen molar-refractivity contribution in [2.24, 2.45) is 0 Å². The highest BCUT2D eigenvalue weighted by atomic mass is 32.1. The van der Waals surface area contributed by atoms with Gasteiger partial charge in [-0.25, -0.2) is 4.98 Å². The summed E-state index contributed by atoms with van der Waals surface area (Å²) in [7, 11) is 0. The number of para-hydroxylation sites is 2. The molecule has 1 aromatic carbocycles. The van der Waals surface area contributed by atoms with Gasteiger partial charge in [0.15, 0.2) is 0 Å². The maximum absolute atomic E-state index is 12.3. The van der Waals surface area contributed by atoms with E-state index in [2.05, 4.69) is 22.9 Å². The van der Waals surface area contributed by atoms with Crippen LogP contribution < -0.4 is 5.32 Å². The summed E-state index contributed by atoms with van der Waals surface area (Å²) in [6.45, 7) is 5.14. The van der Waals surface area contributed by atoms with Crippen LogP contribution in [0.1, 0.15) is 54.6 Å². The Kier molecular flexibility index (Phi) is 5.30. The van der Waals surface area contributed by atoms with E-state index < -0.39 is 0 Å². The Morgan fingerprint density at radius 1 is 1.25 bits per heavy atom. The summed E-state index contributed by atoms with van der Waals surface area (Å²) in [4.78, 5) is 17.8. The van der Waals surface area contributed by atoms with Crippen molar-refractivity contribution in [2.75, 3.05) is 0 Å². The highest BCUT2D eigenvalue weighted by Gasteiger charge is 2.19. The number of thiophene rings is 1. The van der Waals surface area contributed by atoms with E-state index in [4.69, 9.17) is 4.98 Å². The molecule has 3 aromatic rings. The van der Waals surface area contributed by atoms with Crippen molar-refractivity contribution in [2.45, 2.75) is 45.7 Å². The number of carbonyl (C=O) groups is 1. The van der Waals surface area contributed by atoms with Crippen LogP contribution in [-0.2, 0) is 6.54 Å². The largest absolute Gasteiger partial charge is 0.342 e. The molecule has 0 radical (unpaired) electrons. The number of aryl methyl sites for hydroxylation is 1. The molecule has 4 nitrogen and oxygen atoms in total. The third kappa shape index (κ3) is 3.51. The second-order valence-corrected chi connectivity index (χ2v) is 6.94. The maximum atomic E-state index is 12.3. The summed E-state index contributed by atoms with van der Waals surface area (Å²) < 4.78 is 2.25. The summed E-state index contributed by atoms with van der Waals surface area (Å²) in [6.07, 6.45) is 3.50. The Labute approximate surface area is 146 Å². The summed E-state index contributed by atoms with van der Waals surface area (Å²) in [6, 6.07) is 11.8. The number of nitrogens with one attached hydrogen (secondary N) is 1. The van der Waals surface area contributed by atoms with E-state index in [1.807, 2.05) is 42.6 Å². The zero-order valence-electron chi connectivity index (χ0n) is 14.2. The van der Waals surface area contributed by atoms with Crippen LogP contribution in [0.25, 0.3) is 11.0 Å². The second-order valence-electron chi connectivity index (χ2n) is 5.99. The molecule has 0 fully saturated rings. The Bertz CT molecular complexity index is 807. The number of carbonyl (C=O) groups excluding carboxylic acids is 1. The quantitative estimate of drug-likeness (QED) is 0.629. The van der Waals surface area contributed by atoms with Gasteiger partial charge in [0.1, 0.15) is 5.82 Å². The number of amides is 1. The third-order valence-corrected chi connectivity index (χ3v) is 5.02. The molecule has 0 saturated heterocycles. The van der Waals surface area contributed by atoms with E-state index in [-0.39, 0.29) is 11.9 Å². The number of rotatable bonds is 7. The predicted molar refractivity (Wildman–Crippen MR) is 99.5 cm³/mol. The smallest absolute Gasteiger partial charge is 0.261 e. The van der Waals surface area contributed by atoms with E-state index in [1.165, 1.54) is 24.2 Å². The predicted octanol–water partition coefficient (Wildman–Crippen LogP) is 4.78. The van der Waals surface area contributed by atoms with Crippen LogP contribution in [-0.4, -0.2) is 15.5 Å². The van der Waals surface area contributed by atoms with Gasteiger partial charge < -0.3 is 9.88 Å². The molecule has 1 N–H and O–H groups in total. The van der Waals surface area contributed by atoms with Gasteiger partial charge >= 0.3 is 0 Å². The van der Waals surface area contributed by atoms with Gasteiger partial charge in [-0.05, 0) is 36.9 Å². The van der Waals surface area contributed by atoms with Crippen molar-refractivity contribution in [3.05, 3.63) is 52.5 Å². The number of benzene rings is 1. The molecule has 24 heavy (non-hydrogen) atoms. The van der Waals surface area contributed by atoms with Crippen LogP contribution in [0.5, 0.6) is 0 Å². The molecule has 0 bridgehead atoms. The van der Waals surface area contributed by atoms with E-state index in [9.17, 15) is 4.79 Å². The molecule has 0 aliphatic carbocycles. The topological polar surface area (TPSA) is 46.9 Å². The number of hydrogen-bond donors (Lipinski definition) is 1. The molecule has 0 saturated carbocycles. The summed E-state index contributed by atoms with van der Waals surface area (Å²) in [5.74, 6) is 0.891.